The Morgan fingerprint density at radius 1 is 1.19 bits per heavy atom. The van der Waals surface area contributed by atoms with Crippen LogP contribution in [-0.4, -0.2) is 24.1 Å². The van der Waals surface area contributed by atoms with E-state index in [0.29, 0.717) is 23.2 Å². The summed E-state index contributed by atoms with van der Waals surface area (Å²) in [6.07, 6.45) is 2.22. The molecule has 0 bridgehead atoms. The van der Waals surface area contributed by atoms with Crippen LogP contribution in [0.3, 0.4) is 0 Å². The lowest BCUT2D eigenvalue weighted by Gasteiger charge is -2.11. The smallest absolute Gasteiger partial charge is 0.146 e. The summed E-state index contributed by atoms with van der Waals surface area (Å²) in [6.45, 7) is 0. The molecule has 2 N–H and O–H groups in total. The van der Waals surface area contributed by atoms with Crippen molar-refractivity contribution in [1.29, 1.82) is 0 Å². The summed E-state index contributed by atoms with van der Waals surface area (Å²) in [6, 6.07) is 6.30. The van der Waals surface area contributed by atoms with E-state index in [4.69, 9.17) is 4.74 Å². The van der Waals surface area contributed by atoms with E-state index >= 15 is 0 Å². The zero-order chi connectivity index (χ0) is 14.8. The highest BCUT2D eigenvalue weighted by atomic mass is 19.1. The standard InChI is InChI=1S/C15H17FN4O/c1-17-13-8-14(20-15(19-13)9-3-4-9)18-12-7-10(21-2)5-6-11(12)16/h5-9H,3-4H2,1-2H3,(H2,17,18,19,20). The number of methoxy groups -OCH3 is 1. The third-order valence-electron chi connectivity index (χ3n) is 3.38. The molecule has 0 saturated heterocycles. The van der Waals surface area contributed by atoms with Gasteiger partial charge in [0.05, 0.1) is 12.8 Å². The molecule has 5 nitrogen and oxygen atoms in total. The molecule has 110 valence electrons. The molecule has 3 rings (SSSR count). The average molecular weight is 288 g/mol. The number of benzene rings is 1. The van der Waals surface area contributed by atoms with E-state index in [1.54, 1.807) is 32.4 Å². The fourth-order valence-electron chi connectivity index (χ4n) is 2.05. The van der Waals surface area contributed by atoms with E-state index in [0.717, 1.165) is 24.5 Å². The maximum atomic E-state index is 13.9. The van der Waals surface area contributed by atoms with Crippen molar-refractivity contribution >= 4 is 17.3 Å². The van der Waals surface area contributed by atoms with E-state index in [9.17, 15) is 4.39 Å². The maximum Gasteiger partial charge on any atom is 0.146 e. The largest absolute Gasteiger partial charge is 0.497 e. The first-order valence-electron chi connectivity index (χ1n) is 6.87. The molecule has 0 amide bonds. The zero-order valence-electron chi connectivity index (χ0n) is 12.0. The summed E-state index contributed by atoms with van der Waals surface area (Å²) in [5.41, 5.74) is 0.330. The Labute approximate surface area is 122 Å². The summed E-state index contributed by atoms with van der Waals surface area (Å²) >= 11 is 0. The van der Waals surface area contributed by atoms with Crippen LogP contribution in [0.5, 0.6) is 5.75 Å². The highest BCUT2D eigenvalue weighted by Crippen LogP contribution is 2.39. The molecule has 1 aromatic carbocycles. The molecule has 0 spiro atoms. The summed E-state index contributed by atoms with van der Waals surface area (Å²) in [7, 11) is 3.35. The van der Waals surface area contributed by atoms with Crippen LogP contribution in [0.15, 0.2) is 24.3 Å². The van der Waals surface area contributed by atoms with Crippen LogP contribution < -0.4 is 15.4 Å². The molecule has 1 fully saturated rings. The molecule has 1 saturated carbocycles. The molecule has 0 aliphatic heterocycles. The van der Waals surface area contributed by atoms with Crippen molar-refractivity contribution in [1.82, 2.24) is 9.97 Å². The van der Waals surface area contributed by atoms with Gasteiger partial charge in [0.25, 0.3) is 0 Å². The average Bonchev–Trinajstić information content (AvgIpc) is 3.34. The number of hydrogen-bond acceptors (Lipinski definition) is 5. The van der Waals surface area contributed by atoms with Crippen molar-refractivity contribution in [2.75, 3.05) is 24.8 Å². The van der Waals surface area contributed by atoms with Crippen LogP contribution in [0.1, 0.15) is 24.6 Å². The molecule has 2 aromatic rings. The second-order valence-electron chi connectivity index (χ2n) is 4.99. The van der Waals surface area contributed by atoms with Crippen molar-refractivity contribution < 1.29 is 9.13 Å². The number of aromatic nitrogens is 2. The summed E-state index contributed by atoms with van der Waals surface area (Å²) in [5, 5.41) is 6.00. The molecule has 21 heavy (non-hydrogen) atoms. The van der Waals surface area contributed by atoms with Crippen LogP contribution in [0, 0.1) is 5.82 Å². The van der Waals surface area contributed by atoms with Gasteiger partial charge in [0.2, 0.25) is 0 Å². The Hall–Kier alpha value is -2.37. The van der Waals surface area contributed by atoms with E-state index in [1.807, 2.05) is 0 Å². The van der Waals surface area contributed by atoms with E-state index in [1.165, 1.54) is 6.07 Å². The van der Waals surface area contributed by atoms with Gasteiger partial charge in [-0.15, -0.1) is 0 Å². The Bertz CT molecular complexity index is 658. The number of nitrogens with one attached hydrogen (secondary N) is 2. The lowest BCUT2D eigenvalue weighted by atomic mass is 10.3. The van der Waals surface area contributed by atoms with Crippen LogP contribution in [0.25, 0.3) is 0 Å². The monoisotopic (exact) mass is 288 g/mol. The van der Waals surface area contributed by atoms with E-state index in [2.05, 4.69) is 20.6 Å². The fourth-order valence-corrected chi connectivity index (χ4v) is 2.05. The third-order valence-corrected chi connectivity index (χ3v) is 3.38. The second-order valence-corrected chi connectivity index (χ2v) is 4.99. The van der Waals surface area contributed by atoms with Gasteiger partial charge in [-0.05, 0) is 25.0 Å². The van der Waals surface area contributed by atoms with Crippen LogP contribution in [0.4, 0.5) is 21.7 Å². The van der Waals surface area contributed by atoms with Crippen molar-refractivity contribution in [3.05, 3.63) is 35.9 Å². The lowest BCUT2D eigenvalue weighted by molar-refractivity contribution is 0.414. The van der Waals surface area contributed by atoms with Crippen molar-refractivity contribution in [2.45, 2.75) is 18.8 Å². The van der Waals surface area contributed by atoms with Crippen LogP contribution >= 0.6 is 0 Å². The van der Waals surface area contributed by atoms with Crippen molar-refractivity contribution in [2.24, 2.45) is 0 Å². The maximum absolute atomic E-state index is 13.9. The predicted octanol–water partition coefficient (Wildman–Crippen LogP) is 3.29. The van der Waals surface area contributed by atoms with Crippen molar-refractivity contribution in [3.8, 4) is 5.75 Å². The van der Waals surface area contributed by atoms with Crippen LogP contribution in [-0.2, 0) is 0 Å². The molecule has 1 aliphatic carbocycles. The van der Waals surface area contributed by atoms with Crippen molar-refractivity contribution in [3.63, 3.8) is 0 Å². The highest BCUT2D eigenvalue weighted by molar-refractivity contribution is 5.61. The van der Waals surface area contributed by atoms with Gasteiger partial charge < -0.3 is 15.4 Å². The van der Waals surface area contributed by atoms with Gasteiger partial charge in [-0.1, -0.05) is 0 Å². The minimum Gasteiger partial charge on any atom is -0.497 e. The van der Waals surface area contributed by atoms with Gasteiger partial charge in [-0.3, -0.25) is 0 Å². The van der Waals surface area contributed by atoms with Gasteiger partial charge in [0.1, 0.15) is 29.0 Å². The summed E-state index contributed by atoms with van der Waals surface area (Å²) < 4.78 is 19.0. The summed E-state index contributed by atoms with van der Waals surface area (Å²) in [5.74, 6) is 2.75. The molecule has 0 atom stereocenters. The molecule has 6 heteroatoms. The number of anilines is 3. The van der Waals surface area contributed by atoms with E-state index < -0.39 is 0 Å². The third kappa shape index (κ3) is 3.04. The SMILES string of the molecule is CNc1cc(Nc2cc(OC)ccc2F)nc(C2CC2)n1. The molecular weight excluding hydrogens is 271 g/mol. The van der Waals surface area contributed by atoms with Gasteiger partial charge in [0, 0.05) is 25.1 Å². The predicted molar refractivity (Wildman–Crippen MR) is 79.8 cm³/mol. The quantitative estimate of drug-likeness (QED) is 0.884. The van der Waals surface area contributed by atoms with Gasteiger partial charge in [-0.25, -0.2) is 14.4 Å². The Morgan fingerprint density at radius 3 is 2.62 bits per heavy atom. The summed E-state index contributed by atoms with van der Waals surface area (Å²) in [4.78, 5) is 8.90. The minimum atomic E-state index is -0.353. The number of halogens is 1. The van der Waals surface area contributed by atoms with Gasteiger partial charge >= 0.3 is 0 Å². The fraction of sp³-hybridized carbons (Fsp3) is 0.333. The lowest BCUT2D eigenvalue weighted by Crippen LogP contribution is -2.04. The first-order valence-corrected chi connectivity index (χ1v) is 6.87. The normalized spacial score (nSPS) is 13.9. The number of ether oxygens (including phenoxy) is 1. The van der Waals surface area contributed by atoms with Crippen LogP contribution in [0.2, 0.25) is 0 Å². The van der Waals surface area contributed by atoms with E-state index in [-0.39, 0.29) is 5.82 Å². The first kappa shape index (κ1) is 13.6. The molecule has 1 aromatic heterocycles. The topological polar surface area (TPSA) is 59.1 Å². The molecule has 1 heterocycles. The Morgan fingerprint density at radius 2 is 1.95 bits per heavy atom. The molecular formula is C15H17FN4O. The second kappa shape index (κ2) is 5.55. The zero-order valence-corrected chi connectivity index (χ0v) is 12.0. The molecule has 1 aliphatic rings. The Balaban J connectivity index is 1.91. The molecule has 0 unspecified atom stereocenters. The van der Waals surface area contributed by atoms with Gasteiger partial charge in [-0.2, -0.15) is 0 Å². The molecule has 0 radical (unpaired) electrons. The number of rotatable bonds is 5. The highest BCUT2D eigenvalue weighted by Gasteiger charge is 2.27. The Kier molecular flexibility index (Phi) is 3.60. The van der Waals surface area contributed by atoms with Gasteiger partial charge in [0.15, 0.2) is 0 Å². The first-order chi connectivity index (χ1) is 10.2. The minimum absolute atomic E-state index is 0.330. The number of nitrogens with zero attached hydrogens (tertiary/aromatic N) is 2. The number of hydrogen-bond donors (Lipinski definition) is 2.